The first kappa shape index (κ1) is 17.4. The minimum atomic E-state index is -0.133. The molecule has 108 valence electrons. The summed E-state index contributed by atoms with van der Waals surface area (Å²) in [6, 6.07) is 0.247. The number of carbonyl (C=O) groups is 1. The van der Waals surface area contributed by atoms with Gasteiger partial charge in [-0.15, -0.1) is 0 Å². The molecule has 2 atom stereocenters. The highest BCUT2D eigenvalue weighted by atomic mass is 16.2. The number of amides is 1. The van der Waals surface area contributed by atoms with Crippen LogP contribution in [-0.2, 0) is 4.79 Å². The lowest BCUT2D eigenvalue weighted by atomic mass is 9.95. The molecular weight excluding hydrogens is 224 g/mol. The highest BCUT2D eigenvalue weighted by Crippen LogP contribution is 2.13. The van der Waals surface area contributed by atoms with Crippen LogP contribution in [-0.4, -0.2) is 23.5 Å². The molecule has 0 aromatic rings. The molecule has 2 N–H and O–H groups in total. The van der Waals surface area contributed by atoms with Gasteiger partial charge in [0.05, 0.1) is 6.04 Å². The van der Waals surface area contributed by atoms with Crippen LogP contribution >= 0.6 is 0 Å². The summed E-state index contributed by atoms with van der Waals surface area (Å²) in [5, 5.41) is 6.50. The van der Waals surface area contributed by atoms with Crippen LogP contribution in [0.1, 0.15) is 67.7 Å². The van der Waals surface area contributed by atoms with E-state index in [1.54, 1.807) is 0 Å². The van der Waals surface area contributed by atoms with E-state index in [0.29, 0.717) is 12.0 Å². The van der Waals surface area contributed by atoms with Gasteiger partial charge in [-0.2, -0.15) is 0 Å². The third-order valence-corrected chi connectivity index (χ3v) is 4.01. The van der Waals surface area contributed by atoms with E-state index >= 15 is 0 Å². The van der Waals surface area contributed by atoms with E-state index < -0.39 is 0 Å². The van der Waals surface area contributed by atoms with Crippen LogP contribution < -0.4 is 10.6 Å². The highest BCUT2D eigenvalue weighted by Gasteiger charge is 2.24. The third kappa shape index (κ3) is 5.85. The van der Waals surface area contributed by atoms with Crippen LogP contribution in [0.4, 0.5) is 0 Å². The molecule has 0 fully saturated rings. The molecule has 18 heavy (non-hydrogen) atoms. The van der Waals surface area contributed by atoms with E-state index in [4.69, 9.17) is 0 Å². The number of hydrogen-bond donors (Lipinski definition) is 2. The first-order valence-electron chi connectivity index (χ1n) is 7.35. The summed E-state index contributed by atoms with van der Waals surface area (Å²) in [7, 11) is 0. The summed E-state index contributed by atoms with van der Waals surface area (Å²) in [4.78, 5) is 12.1. The first-order chi connectivity index (χ1) is 8.27. The second kappa shape index (κ2) is 7.78. The molecule has 0 radical (unpaired) electrons. The Hall–Kier alpha value is -0.570. The maximum absolute atomic E-state index is 12.1. The van der Waals surface area contributed by atoms with E-state index in [0.717, 1.165) is 19.3 Å². The fourth-order valence-corrected chi connectivity index (χ4v) is 2.13. The second-order valence-corrected chi connectivity index (χ2v) is 5.98. The van der Waals surface area contributed by atoms with Crippen molar-refractivity contribution in [2.24, 2.45) is 5.92 Å². The molecule has 1 amide bonds. The van der Waals surface area contributed by atoms with Crippen molar-refractivity contribution < 1.29 is 4.79 Å². The van der Waals surface area contributed by atoms with Crippen molar-refractivity contribution in [3.05, 3.63) is 0 Å². The van der Waals surface area contributed by atoms with Crippen molar-refractivity contribution in [1.29, 1.82) is 0 Å². The maximum Gasteiger partial charge on any atom is 0.237 e. The summed E-state index contributed by atoms with van der Waals surface area (Å²) in [6.45, 7) is 14.7. The van der Waals surface area contributed by atoms with E-state index in [9.17, 15) is 4.79 Å². The molecule has 0 aliphatic carbocycles. The van der Waals surface area contributed by atoms with Crippen molar-refractivity contribution in [3.63, 3.8) is 0 Å². The molecule has 0 aromatic carbocycles. The van der Waals surface area contributed by atoms with E-state index in [1.165, 1.54) is 0 Å². The zero-order valence-corrected chi connectivity index (χ0v) is 13.3. The summed E-state index contributed by atoms with van der Waals surface area (Å²) in [5.74, 6) is 0.735. The van der Waals surface area contributed by atoms with Gasteiger partial charge in [0.25, 0.3) is 0 Å². The molecule has 0 heterocycles. The molecule has 0 bridgehead atoms. The molecule has 0 aliphatic heterocycles. The number of carbonyl (C=O) groups excluding carboxylic acids is 1. The van der Waals surface area contributed by atoms with Crippen molar-refractivity contribution in [1.82, 2.24) is 10.6 Å². The molecule has 0 aliphatic rings. The van der Waals surface area contributed by atoms with E-state index in [2.05, 4.69) is 52.2 Å². The fourth-order valence-electron chi connectivity index (χ4n) is 2.13. The maximum atomic E-state index is 12.1. The molecule has 0 spiro atoms. The van der Waals surface area contributed by atoms with Gasteiger partial charge in [-0.25, -0.2) is 0 Å². The normalized spacial score (nSPS) is 15.6. The van der Waals surface area contributed by atoms with Crippen molar-refractivity contribution in [2.45, 2.75) is 85.4 Å². The second-order valence-electron chi connectivity index (χ2n) is 5.98. The molecule has 0 rings (SSSR count). The number of rotatable bonds is 8. The first-order valence-corrected chi connectivity index (χ1v) is 7.35. The Kier molecular flexibility index (Phi) is 7.53. The number of hydrogen-bond acceptors (Lipinski definition) is 2. The van der Waals surface area contributed by atoms with Gasteiger partial charge in [0.1, 0.15) is 0 Å². The Morgan fingerprint density at radius 1 is 1.11 bits per heavy atom. The van der Waals surface area contributed by atoms with Gasteiger partial charge in [0, 0.05) is 11.6 Å². The lowest BCUT2D eigenvalue weighted by Crippen LogP contribution is -2.53. The number of nitrogens with one attached hydrogen (secondary N) is 2. The van der Waals surface area contributed by atoms with Gasteiger partial charge < -0.3 is 10.6 Å². The lowest BCUT2D eigenvalue weighted by molar-refractivity contribution is -0.124. The van der Waals surface area contributed by atoms with Gasteiger partial charge in [-0.05, 0) is 40.0 Å². The molecule has 0 saturated carbocycles. The lowest BCUT2D eigenvalue weighted by Gasteiger charge is -2.30. The highest BCUT2D eigenvalue weighted by molar-refractivity contribution is 5.82. The Morgan fingerprint density at radius 3 is 2.00 bits per heavy atom. The topological polar surface area (TPSA) is 41.1 Å². The van der Waals surface area contributed by atoms with Gasteiger partial charge in [-0.3, -0.25) is 4.79 Å². The minimum absolute atomic E-state index is 0.0969. The summed E-state index contributed by atoms with van der Waals surface area (Å²) in [6.07, 6.45) is 3.24. The Bertz CT molecular complexity index is 247. The Morgan fingerprint density at radius 2 is 1.61 bits per heavy atom. The molecular formula is C15H32N2O. The van der Waals surface area contributed by atoms with E-state index in [1.807, 2.05) is 6.92 Å². The van der Waals surface area contributed by atoms with Gasteiger partial charge in [-0.1, -0.05) is 33.6 Å². The van der Waals surface area contributed by atoms with Crippen molar-refractivity contribution in [3.8, 4) is 0 Å². The fraction of sp³-hybridized carbons (Fsp3) is 0.933. The molecule has 0 aromatic heterocycles. The van der Waals surface area contributed by atoms with Crippen molar-refractivity contribution >= 4 is 5.91 Å². The van der Waals surface area contributed by atoms with Gasteiger partial charge in [0.2, 0.25) is 5.91 Å². The summed E-state index contributed by atoms with van der Waals surface area (Å²) >= 11 is 0. The van der Waals surface area contributed by atoms with Crippen LogP contribution in [0.5, 0.6) is 0 Å². The monoisotopic (exact) mass is 256 g/mol. The van der Waals surface area contributed by atoms with Gasteiger partial charge >= 0.3 is 0 Å². The average molecular weight is 256 g/mol. The average Bonchev–Trinajstić information content (AvgIpc) is 2.30. The zero-order chi connectivity index (χ0) is 14.3. The van der Waals surface area contributed by atoms with Crippen molar-refractivity contribution in [2.75, 3.05) is 0 Å². The predicted octanol–water partition coefficient (Wildman–Crippen LogP) is 3.09. The van der Waals surface area contributed by atoms with E-state index in [-0.39, 0.29) is 17.5 Å². The van der Waals surface area contributed by atoms with Crippen LogP contribution in [0.25, 0.3) is 0 Å². The standard InChI is InChI=1S/C15H32N2O/c1-8-13(9-2)11(4)16-12(5)14(18)17-15(6,7)10-3/h11-13,16H,8-10H2,1-7H3,(H,17,18). The molecule has 0 saturated heterocycles. The third-order valence-electron chi connectivity index (χ3n) is 4.01. The van der Waals surface area contributed by atoms with Crippen LogP contribution in [0.2, 0.25) is 0 Å². The van der Waals surface area contributed by atoms with Crippen LogP contribution in [0.15, 0.2) is 0 Å². The molecule has 2 unspecified atom stereocenters. The quantitative estimate of drug-likeness (QED) is 0.700. The molecule has 3 nitrogen and oxygen atoms in total. The smallest absolute Gasteiger partial charge is 0.237 e. The Balaban J connectivity index is 4.31. The predicted molar refractivity (Wildman–Crippen MR) is 78.6 cm³/mol. The van der Waals surface area contributed by atoms with Gasteiger partial charge in [0.15, 0.2) is 0 Å². The Labute approximate surface area is 113 Å². The molecule has 3 heteroatoms. The summed E-state index contributed by atoms with van der Waals surface area (Å²) < 4.78 is 0. The minimum Gasteiger partial charge on any atom is -0.350 e. The SMILES string of the molecule is CCC(CC)C(C)NC(C)C(=O)NC(C)(C)CC. The largest absolute Gasteiger partial charge is 0.350 e. The van der Waals surface area contributed by atoms with Crippen LogP contribution in [0.3, 0.4) is 0 Å². The summed E-state index contributed by atoms with van der Waals surface area (Å²) in [5.41, 5.74) is -0.120. The van der Waals surface area contributed by atoms with Crippen LogP contribution in [0, 0.1) is 5.92 Å². The zero-order valence-electron chi connectivity index (χ0n) is 13.3.